The zero-order valence-corrected chi connectivity index (χ0v) is 20.2. The summed E-state index contributed by atoms with van der Waals surface area (Å²) in [7, 11) is 1.58. The minimum Gasteiger partial charge on any atom is -0.497 e. The second-order valence-electron chi connectivity index (χ2n) is 8.27. The van der Waals surface area contributed by atoms with E-state index in [0.717, 1.165) is 40.5 Å². The quantitative estimate of drug-likeness (QED) is 0.387. The van der Waals surface area contributed by atoms with Crippen LogP contribution in [0.3, 0.4) is 0 Å². The number of pyridine rings is 1. The number of hydrogen-bond acceptors (Lipinski definition) is 7. The van der Waals surface area contributed by atoms with Crippen molar-refractivity contribution in [2.75, 3.05) is 32.5 Å². The topological polar surface area (TPSA) is 75.5 Å². The second kappa shape index (κ2) is 11.3. The molecule has 0 amide bonds. The van der Waals surface area contributed by atoms with E-state index in [1.165, 1.54) is 0 Å². The Kier molecular flexibility index (Phi) is 8.16. The summed E-state index contributed by atoms with van der Waals surface area (Å²) >= 11 is 3.32. The van der Waals surface area contributed by atoms with E-state index in [-0.39, 0.29) is 5.92 Å². The van der Waals surface area contributed by atoms with Gasteiger partial charge in [-0.3, -0.25) is 9.78 Å². The first-order chi connectivity index (χ1) is 16.0. The highest BCUT2D eigenvalue weighted by Gasteiger charge is 2.34. The van der Waals surface area contributed by atoms with Crippen LogP contribution in [0.4, 0.5) is 4.39 Å². The van der Waals surface area contributed by atoms with Gasteiger partial charge >= 0.3 is 5.97 Å². The second-order valence-corrected chi connectivity index (χ2v) is 10.5. The first-order valence-electron chi connectivity index (χ1n) is 11.1. The third kappa shape index (κ3) is 6.02. The molecule has 3 atom stereocenters. The van der Waals surface area contributed by atoms with E-state index in [4.69, 9.17) is 4.74 Å². The minimum absolute atomic E-state index is 0.0220. The van der Waals surface area contributed by atoms with Gasteiger partial charge in [0.25, 0.3) is 0 Å². The highest BCUT2D eigenvalue weighted by Crippen LogP contribution is 2.35. The summed E-state index contributed by atoms with van der Waals surface area (Å²) in [5.74, 6) is 0.272. The number of aliphatic carboxylic acids is 1. The SMILES string of the molecule is COc1ccc2nccc([C@H](F)CC[C@@H]3CCN(CCSc4nccs4)C[C@@H]3C(=O)O)c2c1. The van der Waals surface area contributed by atoms with Gasteiger partial charge in [0.2, 0.25) is 0 Å². The number of carboxylic acid groups (broad SMARTS) is 1. The van der Waals surface area contributed by atoms with Crippen molar-refractivity contribution >= 4 is 40.0 Å². The van der Waals surface area contributed by atoms with Gasteiger partial charge in [0.05, 0.1) is 18.5 Å². The standard InChI is InChI=1S/C24H28FN3O3S2/c1-31-17-3-5-22-19(14-17)18(6-8-26-22)21(25)4-2-16-7-10-28(15-20(16)23(29)30)11-13-33-24-27-9-12-32-24/h3,5-6,8-9,12,14,16,20-21H,2,4,7,10-11,13,15H2,1H3,(H,29,30)/t16-,20+,21-/m1/s1. The summed E-state index contributed by atoms with van der Waals surface area (Å²) in [6, 6.07) is 7.16. The van der Waals surface area contributed by atoms with E-state index in [1.54, 1.807) is 48.7 Å². The highest BCUT2D eigenvalue weighted by molar-refractivity contribution is 8.01. The van der Waals surface area contributed by atoms with Gasteiger partial charge in [-0.25, -0.2) is 9.37 Å². The van der Waals surface area contributed by atoms with Crippen LogP contribution < -0.4 is 4.74 Å². The Bertz CT molecular complexity index is 1070. The normalized spacial score (nSPS) is 20.1. The van der Waals surface area contributed by atoms with Crippen LogP contribution >= 0.6 is 23.1 Å². The predicted molar refractivity (Wildman–Crippen MR) is 130 cm³/mol. The van der Waals surface area contributed by atoms with Gasteiger partial charge in [-0.2, -0.15) is 0 Å². The smallest absolute Gasteiger partial charge is 0.308 e. The van der Waals surface area contributed by atoms with Crippen molar-refractivity contribution in [2.45, 2.75) is 29.8 Å². The molecule has 0 saturated carbocycles. The largest absolute Gasteiger partial charge is 0.497 e. The van der Waals surface area contributed by atoms with Crippen LogP contribution in [-0.2, 0) is 4.79 Å². The molecule has 3 aromatic rings. The maximum Gasteiger partial charge on any atom is 0.308 e. The molecule has 1 aliphatic heterocycles. The van der Waals surface area contributed by atoms with E-state index in [1.807, 2.05) is 23.6 Å². The van der Waals surface area contributed by atoms with E-state index >= 15 is 4.39 Å². The number of hydrogen-bond donors (Lipinski definition) is 1. The fourth-order valence-electron chi connectivity index (χ4n) is 4.50. The Morgan fingerprint density at radius 1 is 1.36 bits per heavy atom. The zero-order chi connectivity index (χ0) is 23.2. The van der Waals surface area contributed by atoms with Crippen molar-refractivity contribution in [1.82, 2.24) is 14.9 Å². The van der Waals surface area contributed by atoms with Crippen molar-refractivity contribution in [1.29, 1.82) is 0 Å². The molecule has 0 aliphatic carbocycles. The lowest BCUT2D eigenvalue weighted by molar-refractivity contribution is -0.146. The third-order valence-corrected chi connectivity index (χ3v) is 8.26. The average Bonchev–Trinajstić information content (AvgIpc) is 3.35. The molecule has 1 aromatic carbocycles. The number of methoxy groups -OCH3 is 1. The molecule has 6 nitrogen and oxygen atoms in total. The van der Waals surface area contributed by atoms with Crippen LogP contribution in [0.5, 0.6) is 5.75 Å². The Hall–Kier alpha value is -2.23. The molecule has 0 bridgehead atoms. The van der Waals surface area contributed by atoms with Gasteiger partial charge < -0.3 is 14.7 Å². The van der Waals surface area contributed by atoms with Crippen LogP contribution in [0.15, 0.2) is 46.4 Å². The van der Waals surface area contributed by atoms with E-state index in [2.05, 4.69) is 14.9 Å². The fraction of sp³-hybridized carbons (Fsp3) is 0.458. The monoisotopic (exact) mass is 489 g/mol. The molecule has 2 aromatic heterocycles. The number of halogens is 1. The molecule has 9 heteroatoms. The molecule has 176 valence electrons. The predicted octanol–water partition coefficient (Wildman–Crippen LogP) is 5.31. The number of fused-ring (bicyclic) bond motifs is 1. The first-order valence-corrected chi connectivity index (χ1v) is 13.0. The Labute approximate surface area is 201 Å². The van der Waals surface area contributed by atoms with Gasteiger partial charge in [0, 0.05) is 42.0 Å². The van der Waals surface area contributed by atoms with Crippen LogP contribution in [0.2, 0.25) is 0 Å². The van der Waals surface area contributed by atoms with Crippen molar-refractivity contribution in [3.05, 3.63) is 47.6 Å². The van der Waals surface area contributed by atoms with Crippen LogP contribution in [0, 0.1) is 11.8 Å². The minimum atomic E-state index is -1.18. The maximum absolute atomic E-state index is 15.3. The number of carboxylic acids is 1. The molecular weight excluding hydrogens is 461 g/mol. The Morgan fingerprint density at radius 3 is 3.00 bits per heavy atom. The summed E-state index contributed by atoms with van der Waals surface area (Å²) in [4.78, 5) is 22.8. The first kappa shape index (κ1) is 23.9. The lowest BCUT2D eigenvalue weighted by Gasteiger charge is -2.36. The van der Waals surface area contributed by atoms with Gasteiger partial charge in [-0.1, -0.05) is 11.8 Å². The number of thiazole rings is 1. The molecule has 0 unspecified atom stereocenters. The molecule has 0 spiro atoms. The van der Waals surface area contributed by atoms with Crippen molar-refractivity contribution < 1.29 is 19.0 Å². The molecule has 1 fully saturated rings. The zero-order valence-electron chi connectivity index (χ0n) is 18.5. The Balaban J connectivity index is 1.34. The fourth-order valence-corrected chi connectivity index (χ4v) is 6.21. The number of nitrogens with zero attached hydrogens (tertiary/aromatic N) is 3. The molecule has 4 rings (SSSR count). The van der Waals surface area contributed by atoms with E-state index in [0.29, 0.717) is 30.7 Å². The molecule has 33 heavy (non-hydrogen) atoms. The van der Waals surface area contributed by atoms with Gasteiger partial charge in [0.1, 0.15) is 16.3 Å². The van der Waals surface area contributed by atoms with Crippen molar-refractivity contribution in [2.24, 2.45) is 11.8 Å². The van der Waals surface area contributed by atoms with Crippen LogP contribution in [0.1, 0.15) is 31.0 Å². The number of carbonyl (C=O) groups is 1. The van der Waals surface area contributed by atoms with E-state index < -0.39 is 18.1 Å². The number of benzene rings is 1. The summed E-state index contributed by atoms with van der Waals surface area (Å²) in [6.07, 6.45) is 3.86. The maximum atomic E-state index is 15.3. The van der Waals surface area contributed by atoms with Gasteiger partial charge in [-0.05, 0) is 61.6 Å². The number of aromatic nitrogens is 2. The summed E-state index contributed by atoms with van der Waals surface area (Å²) in [5.41, 5.74) is 1.31. The average molecular weight is 490 g/mol. The number of likely N-dealkylation sites (tertiary alicyclic amines) is 1. The van der Waals surface area contributed by atoms with Gasteiger partial charge in [0.15, 0.2) is 0 Å². The van der Waals surface area contributed by atoms with Crippen LogP contribution in [0.25, 0.3) is 10.9 Å². The number of thioether (sulfide) groups is 1. The molecule has 1 aliphatic rings. The number of ether oxygens (including phenoxy) is 1. The lowest BCUT2D eigenvalue weighted by atomic mass is 9.81. The molecule has 0 radical (unpaired) electrons. The molecule has 1 saturated heterocycles. The van der Waals surface area contributed by atoms with Crippen LogP contribution in [-0.4, -0.2) is 58.4 Å². The number of piperidine rings is 1. The number of alkyl halides is 1. The summed E-state index contributed by atoms with van der Waals surface area (Å²) in [5, 5.41) is 12.5. The summed E-state index contributed by atoms with van der Waals surface area (Å²) < 4.78 is 21.7. The molecular formula is C24H28FN3O3S2. The van der Waals surface area contributed by atoms with E-state index in [9.17, 15) is 9.90 Å². The number of rotatable bonds is 10. The third-order valence-electron chi connectivity index (χ3n) is 6.31. The van der Waals surface area contributed by atoms with Crippen molar-refractivity contribution in [3.63, 3.8) is 0 Å². The highest BCUT2D eigenvalue weighted by atomic mass is 32.2. The Morgan fingerprint density at radius 2 is 2.24 bits per heavy atom. The van der Waals surface area contributed by atoms with Crippen molar-refractivity contribution in [3.8, 4) is 5.75 Å². The molecule has 1 N–H and O–H groups in total. The summed E-state index contributed by atoms with van der Waals surface area (Å²) in [6.45, 7) is 2.20. The lowest BCUT2D eigenvalue weighted by Crippen LogP contribution is -2.44. The van der Waals surface area contributed by atoms with Gasteiger partial charge in [-0.15, -0.1) is 11.3 Å². The molecule has 3 heterocycles.